The average molecular weight is 191 g/mol. The van der Waals surface area contributed by atoms with Gasteiger partial charge in [-0.2, -0.15) is 0 Å². The number of fused-ring (bicyclic) bond motifs is 1. The maximum Gasteiger partial charge on any atom is 0.0435 e. The maximum atomic E-state index is 4.48. The highest BCUT2D eigenvalue weighted by Crippen LogP contribution is 2.23. The van der Waals surface area contributed by atoms with Gasteiger partial charge in [0, 0.05) is 11.9 Å². The second-order valence-electron chi connectivity index (χ2n) is 3.88. The smallest absolute Gasteiger partial charge is 0.0435 e. The van der Waals surface area contributed by atoms with E-state index in [1.165, 1.54) is 36.1 Å². The van der Waals surface area contributed by atoms with E-state index in [2.05, 4.69) is 24.9 Å². The molecule has 0 aromatic carbocycles. The second kappa shape index (κ2) is 5.14. The summed E-state index contributed by atoms with van der Waals surface area (Å²) in [5, 5.41) is 0. The standard InChI is InChI=1S/C11H15N.C2H6/c1-8(2)10-6-9-4-3-5-11(9)12-7-10;1-2/h6-8H,3-5H2,1-2H3;1-2H3. The van der Waals surface area contributed by atoms with Crippen LogP contribution >= 0.6 is 0 Å². The number of rotatable bonds is 1. The fourth-order valence-electron chi connectivity index (χ4n) is 1.76. The van der Waals surface area contributed by atoms with Crippen molar-refractivity contribution in [3.05, 3.63) is 29.1 Å². The third-order valence-electron chi connectivity index (χ3n) is 2.61. The van der Waals surface area contributed by atoms with Crippen molar-refractivity contribution in [2.45, 2.75) is 52.9 Å². The Hall–Kier alpha value is -0.850. The van der Waals surface area contributed by atoms with Gasteiger partial charge in [0.1, 0.15) is 0 Å². The molecule has 0 saturated heterocycles. The van der Waals surface area contributed by atoms with E-state index in [4.69, 9.17) is 0 Å². The molecule has 0 N–H and O–H groups in total. The molecule has 1 aliphatic rings. The highest BCUT2D eigenvalue weighted by Gasteiger charge is 2.12. The molecule has 0 atom stereocenters. The Morgan fingerprint density at radius 1 is 1.21 bits per heavy atom. The fraction of sp³-hybridized carbons (Fsp3) is 0.615. The first kappa shape index (κ1) is 11.2. The monoisotopic (exact) mass is 191 g/mol. The molecule has 1 aromatic heterocycles. The van der Waals surface area contributed by atoms with Gasteiger partial charge in [-0.3, -0.25) is 4.98 Å². The van der Waals surface area contributed by atoms with Crippen LogP contribution in [0.2, 0.25) is 0 Å². The Morgan fingerprint density at radius 2 is 1.93 bits per heavy atom. The molecule has 2 rings (SSSR count). The van der Waals surface area contributed by atoms with Crippen molar-refractivity contribution in [2.24, 2.45) is 0 Å². The van der Waals surface area contributed by atoms with Gasteiger partial charge >= 0.3 is 0 Å². The minimum Gasteiger partial charge on any atom is -0.261 e. The van der Waals surface area contributed by atoms with Crippen LogP contribution in [0.25, 0.3) is 0 Å². The van der Waals surface area contributed by atoms with Crippen molar-refractivity contribution >= 4 is 0 Å². The Labute approximate surface area is 87.6 Å². The zero-order valence-corrected chi connectivity index (χ0v) is 9.80. The van der Waals surface area contributed by atoms with Gasteiger partial charge < -0.3 is 0 Å². The first-order valence-corrected chi connectivity index (χ1v) is 5.75. The predicted octanol–water partition coefficient (Wildman–Crippen LogP) is 3.72. The van der Waals surface area contributed by atoms with E-state index in [-0.39, 0.29) is 0 Å². The first-order valence-electron chi connectivity index (χ1n) is 5.75. The van der Waals surface area contributed by atoms with E-state index in [0.717, 1.165) is 0 Å². The zero-order chi connectivity index (χ0) is 10.6. The quantitative estimate of drug-likeness (QED) is 0.659. The lowest BCUT2D eigenvalue weighted by molar-refractivity contribution is 0.852. The molecular formula is C13H21N. The van der Waals surface area contributed by atoms with Crippen LogP contribution in [-0.4, -0.2) is 4.98 Å². The SMILES string of the molecule is CC.CC(C)c1cnc2c(c1)CCC2. The molecular weight excluding hydrogens is 170 g/mol. The van der Waals surface area contributed by atoms with Gasteiger partial charge in [-0.1, -0.05) is 33.8 Å². The molecule has 0 fully saturated rings. The lowest BCUT2D eigenvalue weighted by Gasteiger charge is -2.06. The number of hydrogen-bond donors (Lipinski definition) is 0. The van der Waals surface area contributed by atoms with Crippen LogP contribution in [0.15, 0.2) is 12.3 Å². The summed E-state index contributed by atoms with van der Waals surface area (Å²) in [6.07, 6.45) is 5.76. The molecule has 14 heavy (non-hydrogen) atoms. The molecule has 0 radical (unpaired) electrons. The summed E-state index contributed by atoms with van der Waals surface area (Å²) in [7, 11) is 0. The molecule has 0 unspecified atom stereocenters. The molecule has 0 spiro atoms. The number of nitrogens with zero attached hydrogens (tertiary/aromatic N) is 1. The Kier molecular flexibility index (Phi) is 4.12. The number of aryl methyl sites for hydroxylation is 2. The minimum absolute atomic E-state index is 0.614. The van der Waals surface area contributed by atoms with Crippen molar-refractivity contribution in [1.29, 1.82) is 0 Å². The molecule has 1 aliphatic carbocycles. The van der Waals surface area contributed by atoms with Crippen LogP contribution < -0.4 is 0 Å². The largest absolute Gasteiger partial charge is 0.261 e. The Balaban J connectivity index is 0.000000461. The van der Waals surface area contributed by atoms with E-state index in [0.29, 0.717) is 5.92 Å². The lowest BCUT2D eigenvalue weighted by atomic mass is 10.0. The highest BCUT2D eigenvalue weighted by molar-refractivity contribution is 5.30. The van der Waals surface area contributed by atoms with E-state index < -0.39 is 0 Å². The first-order chi connectivity index (χ1) is 6.77. The molecule has 1 heteroatoms. The van der Waals surface area contributed by atoms with Crippen molar-refractivity contribution < 1.29 is 0 Å². The van der Waals surface area contributed by atoms with Crippen molar-refractivity contribution in [1.82, 2.24) is 4.98 Å². The van der Waals surface area contributed by atoms with Crippen LogP contribution in [0.4, 0.5) is 0 Å². The molecule has 1 heterocycles. The molecule has 1 aromatic rings. The number of hydrogen-bond acceptors (Lipinski definition) is 1. The van der Waals surface area contributed by atoms with Gasteiger partial charge in [0.05, 0.1) is 0 Å². The zero-order valence-electron chi connectivity index (χ0n) is 9.80. The van der Waals surface area contributed by atoms with Crippen molar-refractivity contribution in [3.63, 3.8) is 0 Å². The fourth-order valence-corrected chi connectivity index (χ4v) is 1.76. The van der Waals surface area contributed by atoms with E-state index in [9.17, 15) is 0 Å². The molecule has 0 amide bonds. The highest BCUT2D eigenvalue weighted by atomic mass is 14.7. The van der Waals surface area contributed by atoms with E-state index in [1.54, 1.807) is 0 Å². The van der Waals surface area contributed by atoms with Crippen LogP contribution in [-0.2, 0) is 12.8 Å². The number of pyridine rings is 1. The topological polar surface area (TPSA) is 12.9 Å². The second-order valence-corrected chi connectivity index (χ2v) is 3.88. The summed E-state index contributed by atoms with van der Waals surface area (Å²) >= 11 is 0. The van der Waals surface area contributed by atoms with Crippen LogP contribution in [0.1, 0.15) is 56.9 Å². The van der Waals surface area contributed by atoms with Crippen LogP contribution in [0.5, 0.6) is 0 Å². The van der Waals surface area contributed by atoms with Gasteiger partial charge in [-0.05, 0) is 36.3 Å². The summed E-state index contributed by atoms with van der Waals surface area (Å²) < 4.78 is 0. The molecule has 0 bridgehead atoms. The summed E-state index contributed by atoms with van der Waals surface area (Å²) in [5.74, 6) is 0.614. The summed E-state index contributed by atoms with van der Waals surface area (Å²) in [6, 6.07) is 2.33. The van der Waals surface area contributed by atoms with Gasteiger partial charge in [-0.25, -0.2) is 0 Å². The van der Waals surface area contributed by atoms with Gasteiger partial charge in [-0.15, -0.1) is 0 Å². The van der Waals surface area contributed by atoms with E-state index >= 15 is 0 Å². The summed E-state index contributed by atoms with van der Waals surface area (Å²) in [6.45, 7) is 8.44. The van der Waals surface area contributed by atoms with Crippen LogP contribution in [0.3, 0.4) is 0 Å². The minimum atomic E-state index is 0.614. The summed E-state index contributed by atoms with van der Waals surface area (Å²) in [4.78, 5) is 4.48. The van der Waals surface area contributed by atoms with Gasteiger partial charge in [0.2, 0.25) is 0 Å². The third-order valence-corrected chi connectivity index (χ3v) is 2.61. The normalized spacial score (nSPS) is 13.5. The lowest BCUT2D eigenvalue weighted by Crippen LogP contribution is -1.93. The van der Waals surface area contributed by atoms with Crippen LogP contribution in [0, 0.1) is 0 Å². The number of aromatic nitrogens is 1. The molecule has 78 valence electrons. The molecule has 0 aliphatic heterocycles. The summed E-state index contributed by atoms with van der Waals surface area (Å²) in [5.41, 5.74) is 4.20. The van der Waals surface area contributed by atoms with Gasteiger partial charge in [0.25, 0.3) is 0 Å². The average Bonchev–Trinajstić information content (AvgIpc) is 2.67. The molecule has 0 saturated carbocycles. The van der Waals surface area contributed by atoms with Crippen molar-refractivity contribution in [3.8, 4) is 0 Å². The Morgan fingerprint density at radius 3 is 2.57 bits per heavy atom. The molecule has 1 nitrogen and oxygen atoms in total. The Bertz CT molecular complexity index is 289. The van der Waals surface area contributed by atoms with E-state index in [1.807, 2.05) is 20.0 Å². The third kappa shape index (κ3) is 2.34. The maximum absolute atomic E-state index is 4.48. The predicted molar refractivity (Wildman–Crippen MR) is 61.7 cm³/mol. The van der Waals surface area contributed by atoms with Gasteiger partial charge in [0.15, 0.2) is 0 Å². The van der Waals surface area contributed by atoms with Crippen molar-refractivity contribution in [2.75, 3.05) is 0 Å².